The molecule has 31 heavy (non-hydrogen) atoms. The van der Waals surface area contributed by atoms with E-state index in [1.807, 2.05) is 0 Å². The standard InChI is InChI=1S/C30H27P/c1-22-18-25-15-9-17-28(29(25)19-22)26-14-8-16-27(20-26)31-21-30(23-10-4-2-5-11-23)24-12-6-3-7-13-24/h2-17,19-20,30-31H,18,21H2,1H3. The van der Waals surface area contributed by atoms with Crippen molar-refractivity contribution in [2.45, 2.75) is 19.3 Å². The van der Waals surface area contributed by atoms with Crippen LogP contribution >= 0.6 is 8.58 Å². The zero-order chi connectivity index (χ0) is 21.0. The molecule has 1 aliphatic rings. The number of benzene rings is 4. The minimum atomic E-state index is 0.427. The molecule has 1 atom stereocenters. The maximum atomic E-state index is 2.41. The Kier molecular flexibility index (Phi) is 5.83. The van der Waals surface area contributed by atoms with E-state index in [-0.39, 0.29) is 0 Å². The lowest BCUT2D eigenvalue weighted by atomic mass is 9.93. The maximum absolute atomic E-state index is 2.41. The highest BCUT2D eigenvalue weighted by molar-refractivity contribution is 7.47. The van der Waals surface area contributed by atoms with Crippen LogP contribution < -0.4 is 5.30 Å². The second-order valence-corrected chi connectivity index (χ2v) is 9.72. The molecule has 0 saturated carbocycles. The summed E-state index contributed by atoms with van der Waals surface area (Å²) in [6.07, 6.45) is 4.57. The lowest BCUT2D eigenvalue weighted by molar-refractivity contribution is 0.935. The molecule has 4 aromatic rings. The monoisotopic (exact) mass is 418 g/mol. The molecule has 4 aromatic carbocycles. The van der Waals surface area contributed by atoms with E-state index in [0.29, 0.717) is 5.92 Å². The van der Waals surface area contributed by atoms with Crippen LogP contribution in [0.4, 0.5) is 0 Å². The second kappa shape index (κ2) is 9.04. The fourth-order valence-electron chi connectivity index (χ4n) is 4.60. The molecule has 0 fully saturated rings. The van der Waals surface area contributed by atoms with Crippen molar-refractivity contribution in [1.29, 1.82) is 0 Å². The van der Waals surface area contributed by atoms with Gasteiger partial charge in [0.1, 0.15) is 0 Å². The van der Waals surface area contributed by atoms with Gasteiger partial charge in [-0.3, -0.25) is 0 Å². The quantitative estimate of drug-likeness (QED) is 0.285. The zero-order valence-corrected chi connectivity index (χ0v) is 18.9. The lowest BCUT2D eigenvalue weighted by Crippen LogP contribution is -2.06. The first kappa shape index (κ1) is 20.0. The molecule has 152 valence electrons. The Morgan fingerprint density at radius 3 is 2.13 bits per heavy atom. The Hall–Kier alpha value is -2.95. The van der Waals surface area contributed by atoms with E-state index in [2.05, 4.69) is 116 Å². The second-order valence-electron chi connectivity index (χ2n) is 8.38. The Bertz CT molecular complexity index is 1170. The van der Waals surface area contributed by atoms with Gasteiger partial charge < -0.3 is 0 Å². The van der Waals surface area contributed by atoms with E-state index in [1.54, 1.807) is 0 Å². The van der Waals surface area contributed by atoms with Crippen molar-refractivity contribution in [2.24, 2.45) is 0 Å². The van der Waals surface area contributed by atoms with Gasteiger partial charge in [0.05, 0.1) is 0 Å². The van der Waals surface area contributed by atoms with Crippen molar-refractivity contribution < 1.29 is 0 Å². The minimum Gasteiger partial charge on any atom is -0.0894 e. The number of rotatable bonds is 6. The van der Waals surface area contributed by atoms with Crippen molar-refractivity contribution in [3.05, 3.63) is 131 Å². The smallest absolute Gasteiger partial charge is 0.0129 e. The van der Waals surface area contributed by atoms with Crippen LogP contribution in [0.25, 0.3) is 17.2 Å². The van der Waals surface area contributed by atoms with Crippen molar-refractivity contribution in [3.8, 4) is 11.1 Å². The number of hydrogen-bond acceptors (Lipinski definition) is 0. The molecule has 0 aliphatic heterocycles. The normalized spacial score (nSPS) is 13.0. The Balaban J connectivity index is 1.42. The van der Waals surface area contributed by atoms with Crippen LogP contribution in [0.2, 0.25) is 0 Å². The summed E-state index contributed by atoms with van der Waals surface area (Å²) in [4.78, 5) is 0. The predicted octanol–water partition coefficient (Wildman–Crippen LogP) is 7.45. The van der Waals surface area contributed by atoms with Gasteiger partial charge in [0.15, 0.2) is 0 Å². The highest BCUT2D eigenvalue weighted by Crippen LogP contribution is 2.35. The maximum Gasteiger partial charge on any atom is 0.0129 e. The van der Waals surface area contributed by atoms with Crippen LogP contribution in [-0.4, -0.2) is 6.16 Å². The van der Waals surface area contributed by atoms with Crippen molar-refractivity contribution >= 4 is 20.0 Å². The highest BCUT2D eigenvalue weighted by Gasteiger charge is 2.16. The van der Waals surface area contributed by atoms with Crippen molar-refractivity contribution in [3.63, 3.8) is 0 Å². The average molecular weight is 419 g/mol. The molecular weight excluding hydrogens is 391 g/mol. The molecule has 0 radical (unpaired) electrons. The van der Waals surface area contributed by atoms with Crippen LogP contribution in [0.5, 0.6) is 0 Å². The van der Waals surface area contributed by atoms with Gasteiger partial charge in [0.25, 0.3) is 0 Å². The van der Waals surface area contributed by atoms with Crippen LogP contribution in [0.3, 0.4) is 0 Å². The van der Waals surface area contributed by atoms with Gasteiger partial charge in [0, 0.05) is 5.92 Å². The van der Waals surface area contributed by atoms with Gasteiger partial charge in [-0.05, 0) is 64.3 Å². The molecule has 5 rings (SSSR count). The molecular formula is C30H27P. The van der Waals surface area contributed by atoms with Crippen LogP contribution in [-0.2, 0) is 6.42 Å². The van der Waals surface area contributed by atoms with Crippen LogP contribution in [0.1, 0.15) is 35.1 Å². The van der Waals surface area contributed by atoms with Crippen molar-refractivity contribution in [1.82, 2.24) is 0 Å². The predicted molar refractivity (Wildman–Crippen MR) is 137 cm³/mol. The summed E-state index contributed by atoms with van der Waals surface area (Å²) in [5.41, 5.74) is 9.82. The largest absolute Gasteiger partial charge is 0.0894 e. The van der Waals surface area contributed by atoms with Gasteiger partial charge in [0.2, 0.25) is 0 Å². The van der Waals surface area contributed by atoms with E-state index in [1.165, 1.54) is 44.3 Å². The molecule has 0 spiro atoms. The lowest BCUT2D eigenvalue weighted by Gasteiger charge is -2.18. The number of allylic oxidation sites excluding steroid dienone is 1. The zero-order valence-electron chi connectivity index (χ0n) is 17.9. The minimum absolute atomic E-state index is 0.427. The SMILES string of the molecule is CC1=Cc2c(cccc2-c2cccc(PCC(c3ccccc3)c3ccccc3)c2)C1. The summed E-state index contributed by atoms with van der Waals surface area (Å²) < 4.78 is 0. The van der Waals surface area contributed by atoms with Gasteiger partial charge in [-0.2, -0.15) is 0 Å². The molecule has 1 heteroatoms. The molecule has 0 amide bonds. The van der Waals surface area contributed by atoms with E-state index < -0.39 is 0 Å². The summed E-state index contributed by atoms with van der Waals surface area (Å²) in [5.74, 6) is 0.427. The van der Waals surface area contributed by atoms with Crippen LogP contribution in [0, 0.1) is 0 Å². The summed E-state index contributed by atoms with van der Waals surface area (Å²) in [5, 5.41) is 1.44. The summed E-state index contributed by atoms with van der Waals surface area (Å²) in [7, 11) is 0.767. The third kappa shape index (κ3) is 4.41. The first-order valence-electron chi connectivity index (χ1n) is 11.0. The summed E-state index contributed by atoms with van der Waals surface area (Å²) >= 11 is 0. The fraction of sp³-hybridized carbons (Fsp3) is 0.133. The molecule has 0 saturated heterocycles. The molecule has 0 nitrogen and oxygen atoms in total. The Labute approximate surface area is 187 Å². The fourth-order valence-corrected chi connectivity index (χ4v) is 5.99. The third-order valence-electron chi connectivity index (χ3n) is 6.14. The first-order chi connectivity index (χ1) is 15.3. The van der Waals surface area contributed by atoms with Gasteiger partial charge in [-0.15, -0.1) is 0 Å². The molecule has 0 aromatic heterocycles. The van der Waals surface area contributed by atoms with E-state index in [9.17, 15) is 0 Å². The Morgan fingerprint density at radius 1 is 0.742 bits per heavy atom. The highest BCUT2D eigenvalue weighted by atomic mass is 31.1. The van der Waals surface area contributed by atoms with Gasteiger partial charge in [-0.1, -0.05) is 117 Å². The number of hydrogen-bond donors (Lipinski definition) is 0. The molecule has 0 bridgehead atoms. The summed E-state index contributed by atoms with van der Waals surface area (Å²) in [6.45, 7) is 2.23. The molecule has 1 unspecified atom stereocenters. The van der Waals surface area contributed by atoms with E-state index in [0.717, 1.165) is 21.2 Å². The van der Waals surface area contributed by atoms with Gasteiger partial charge >= 0.3 is 0 Å². The van der Waals surface area contributed by atoms with Crippen molar-refractivity contribution in [2.75, 3.05) is 6.16 Å². The number of fused-ring (bicyclic) bond motifs is 1. The summed E-state index contributed by atoms with van der Waals surface area (Å²) in [6, 6.07) is 37.8. The van der Waals surface area contributed by atoms with Gasteiger partial charge in [-0.25, -0.2) is 0 Å². The van der Waals surface area contributed by atoms with E-state index >= 15 is 0 Å². The average Bonchev–Trinajstić information content (AvgIpc) is 3.21. The molecule has 1 aliphatic carbocycles. The molecule has 0 heterocycles. The third-order valence-corrected chi connectivity index (χ3v) is 7.48. The first-order valence-corrected chi connectivity index (χ1v) is 12.2. The van der Waals surface area contributed by atoms with E-state index in [4.69, 9.17) is 0 Å². The Morgan fingerprint density at radius 2 is 1.42 bits per heavy atom. The van der Waals surface area contributed by atoms with Crippen LogP contribution in [0.15, 0.2) is 109 Å². The topological polar surface area (TPSA) is 0 Å². The molecule has 0 N–H and O–H groups in total.